The molecule has 0 saturated heterocycles. The van der Waals surface area contributed by atoms with E-state index in [9.17, 15) is 0 Å². The van der Waals surface area contributed by atoms with Gasteiger partial charge in [0, 0.05) is 12.1 Å². The highest BCUT2D eigenvalue weighted by Gasteiger charge is 2.12. The molecule has 2 rings (SSSR count). The van der Waals surface area contributed by atoms with Gasteiger partial charge in [-0.1, -0.05) is 44.2 Å². The second-order valence-electron chi connectivity index (χ2n) is 5.61. The van der Waals surface area contributed by atoms with Crippen molar-refractivity contribution in [2.24, 2.45) is 0 Å². The van der Waals surface area contributed by atoms with E-state index in [0.29, 0.717) is 0 Å². The Morgan fingerprint density at radius 1 is 1.04 bits per heavy atom. The van der Waals surface area contributed by atoms with Gasteiger partial charge < -0.3 is 10.2 Å². The highest BCUT2D eigenvalue weighted by molar-refractivity contribution is 5.60. The van der Waals surface area contributed by atoms with Crippen LogP contribution in [0.1, 0.15) is 32.9 Å². The molecule has 0 aliphatic rings. The van der Waals surface area contributed by atoms with E-state index in [1.54, 1.807) is 4.80 Å². The molecule has 0 aliphatic carbocycles. The molecule has 0 saturated carbocycles. The van der Waals surface area contributed by atoms with Gasteiger partial charge in [0.1, 0.15) is 11.4 Å². The fourth-order valence-corrected chi connectivity index (χ4v) is 2.64. The summed E-state index contributed by atoms with van der Waals surface area (Å²) in [6.07, 6.45) is 1.16. The molecule has 5 nitrogen and oxygen atoms in total. The Bertz CT molecular complexity index is 560. The molecule has 0 atom stereocenters. The van der Waals surface area contributed by atoms with Gasteiger partial charge in [-0.2, -0.15) is 15.0 Å². The summed E-state index contributed by atoms with van der Waals surface area (Å²) in [4.78, 5) is 4.22. The maximum Gasteiger partial charge on any atom is 0.117 e. The Morgan fingerprint density at radius 2 is 1.78 bits per heavy atom. The van der Waals surface area contributed by atoms with Crippen LogP contribution >= 0.6 is 0 Å². The fourth-order valence-electron chi connectivity index (χ4n) is 2.64. The zero-order valence-corrected chi connectivity index (χ0v) is 14.6. The van der Waals surface area contributed by atoms with Gasteiger partial charge in [-0.3, -0.25) is 0 Å². The zero-order chi connectivity index (χ0) is 16.5. The number of hydrogen-bond donors (Lipinski definition) is 1. The van der Waals surface area contributed by atoms with Gasteiger partial charge in [0.15, 0.2) is 0 Å². The highest BCUT2D eigenvalue weighted by atomic mass is 15.5. The predicted octanol–water partition coefficient (Wildman–Crippen LogP) is 2.79. The summed E-state index contributed by atoms with van der Waals surface area (Å²) >= 11 is 0. The second kappa shape index (κ2) is 9.43. The van der Waals surface area contributed by atoms with Crippen LogP contribution in [-0.4, -0.2) is 46.1 Å². The molecular formula is C18H29N5. The van der Waals surface area contributed by atoms with Gasteiger partial charge in [0.2, 0.25) is 0 Å². The summed E-state index contributed by atoms with van der Waals surface area (Å²) in [6.45, 7) is 12.5. The van der Waals surface area contributed by atoms with Crippen molar-refractivity contribution < 1.29 is 0 Å². The quantitative estimate of drug-likeness (QED) is 0.685. The average Bonchev–Trinajstić information content (AvgIpc) is 3.02. The van der Waals surface area contributed by atoms with E-state index < -0.39 is 0 Å². The van der Waals surface area contributed by atoms with Gasteiger partial charge >= 0.3 is 0 Å². The first-order valence-corrected chi connectivity index (χ1v) is 8.70. The largest absolute Gasteiger partial charge is 0.311 e. The minimum absolute atomic E-state index is 0.766. The normalized spacial score (nSPS) is 11.3. The molecule has 0 amide bonds. The van der Waals surface area contributed by atoms with Crippen LogP contribution in [0.15, 0.2) is 30.3 Å². The third kappa shape index (κ3) is 5.15. The van der Waals surface area contributed by atoms with Crippen molar-refractivity contribution in [3.05, 3.63) is 36.0 Å². The third-order valence-corrected chi connectivity index (χ3v) is 4.07. The molecule has 1 heterocycles. The molecule has 0 fully saturated rings. The summed E-state index contributed by atoms with van der Waals surface area (Å²) in [5.74, 6) is 0. The summed E-state index contributed by atoms with van der Waals surface area (Å²) in [7, 11) is 0. The van der Waals surface area contributed by atoms with E-state index in [1.807, 2.05) is 18.2 Å². The van der Waals surface area contributed by atoms with Gasteiger partial charge in [-0.15, -0.1) is 0 Å². The molecule has 126 valence electrons. The molecule has 0 bridgehead atoms. The van der Waals surface area contributed by atoms with Crippen molar-refractivity contribution in [2.45, 2.75) is 40.3 Å². The Morgan fingerprint density at radius 3 is 2.43 bits per heavy atom. The molecule has 0 spiro atoms. The maximum atomic E-state index is 4.61. The van der Waals surface area contributed by atoms with E-state index in [1.165, 1.54) is 0 Å². The molecule has 0 unspecified atom stereocenters. The van der Waals surface area contributed by atoms with Gasteiger partial charge in [0.05, 0.1) is 6.54 Å². The van der Waals surface area contributed by atoms with Crippen LogP contribution in [0.25, 0.3) is 11.3 Å². The minimum atomic E-state index is 0.766. The smallest absolute Gasteiger partial charge is 0.117 e. The maximum absolute atomic E-state index is 4.61. The average molecular weight is 315 g/mol. The number of rotatable bonds is 10. The van der Waals surface area contributed by atoms with E-state index in [-0.39, 0.29) is 0 Å². The number of aromatic nitrogens is 3. The van der Waals surface area contributed by atoms with Crippen LogP contribution in [0.5, 0.6) is 0 Å². The summed E-state index contributed by atoms with van der Waals surface area (Å²) in [5, 5.41) is 12.7. The van der Waals surface area contributed by atoms with E-state index in [2.05, 4.69) is 53.3 Å². The first-order chi connectivity index (χ1) is 11.3. The van der Waals surface area contributed by atoms with Gasteiger partial charge in [-0.05, 0) is 39.5 Å². The first-order valence-electron chi connectivity index (χ1n) is 8.70. The van der Waals surface area contributed by atoms with Crippen LogP contribution in [0.3, 0.4) is 0 Å². The number of nitrogens with one attached hydrogen (secondary N) is 1. The molecule has 2 aromatic rings. The molecule has 1 N–H and O–H groups in total. The molecule has 0 aliphatic heterocycles. The minimum Gasteiger partial charge on any atom is -0.311 e. The second-order valence-corrected chi connectivity index (χ2v) is 5.61. The number of aryl methyl sites for hydroxylation is 1. The first kappa shape index (κ1) is 17.6. The van der Waals surface area contributed by atoms with Crippen LogP contribution in [0, 0.1) is 0 Å². The Hall–Kier alpha value is -1.72. The number of nitrogens with zero attached hydrogens (tertiary/aromatic N) is 4. The standard InChI is InChI=1S/C18H29N5/c1-4-22(5-2)14-10-13-19-15-17-18(21-23(6-3)20-17)16-11-8-7-9-12-16/h7-9,11-12,19H,4-6,10,13-15H2,1-3H3. The van der Waals surface area contributed by atoms with Crippen molar-refractivity contribution in [3.8, 4) is 11.3 Å². The highest BCUT2D eigenvalue weighted by Crippen LogP contribution is 2.19. The van der Waals surface area contributed by atoms with Crippen molar-refractivity contribution >= 4 is 0 Å². The molecule has 1 aromatic heterocycles. The van der Waals surface area contributed by atoms with Crippen LogP contribution in [0.4, 0.5) is 0 Å². The predicted molar refractivity (Wildman–Crippen MR) is 95.2 cm³/mol. The van der Waals surface area contributed by atoms with Crippen molar-refractivity contribution in [1.82, 2.24) is 25.2 Å². The number of benzene rings is 1. The topological polar surface area (TPSA) is 46.0 Å². The van der Waals surface area contributed by atoms with E-state index >= 15 is 0 Å². The van der Waals surface area contributed by atoms with E-state index in [4.69, 9.17) is 0 Å². The van der Waals surface area contributed by atoms with Gasteiger partial charge in [-0.25, -0.2) is 0 Å². The Balaban J connectivity index is 1.91. The Kier molecular flexibility index (Phi) is 7.23. The van der Waals surface area contributed by atoms with Crippen molar-refractivity contribution in [2.75, 3.05) is 26.2 Å². The molecule has 5 heteroatoms. The molecule has 0 radical (unpaired) electrons. The summed E-state index contributed by atoms with van der Waals surface area (Å²) < 4.78 is 0. The number of hydrogen-bond acceptors (Lipinski definition) is 4. The monoisotopic (exact) mass is 315 g/mol. The lowest BCUT2D eigenvalue weighted by Crippen LogP contribution is -2.27. The van der Waals surface area contributed by atoms with Gasteiger partial charge in [0.25, 0.3) is 0 Å². The van der Waals surface area contributed by atoms with E-state index in [0.717, 1.165) is 62.6 Å². The lowest BCUT2D eigenvalue weighted by Gasteiger charge is -2.17. The lowest BCUT2D eigenvalue weighted by atomic mass is 10.1. The zero-order valence-electron chi connectivity index (χ0n) is 14.6. The summed E-state index contributed by atoms with van der Waals surface area (Å²) in [5.41, 5.74) is 3.15. The Labute approximate surface area is 139 Å². The lowest BCUT2D eigenvalue weighted by molar-refractivity contribution is 0.298. The summed E-state index contributed by atoms with van der Waals surface area (Å²) in [6, 6.07) is 10.3. The van der Waals surface area contributed by atoms with Crippen molar-refractivity contribution in [1.29, 1.82) is 0 Å². The molecule has 1 aromatic carbocycles. The third-order valence-electron chi connectivity index (χ3n) is 4.07. The molecular weight excluding hydrogens is 286 g/mol. The fraction of sp³-hybridized carbons (Fsp3) is 0.556. The van der Waals surface area contributed by atoms with Crippen molar-refractivity contribution in [3.63, 3.8) is 0 Å². The molecule has 23 heavy (non-hydrogen) atoms. The van der Waals surface area contributed by atoms with Crippen LogP contribution in [0.2, 0.25) is 0 Å². The van der Waals surface area contributed by atoms with Crippen LogP contribution < -0.4 is 5.32 Å². The SMILES string of the molecule is CCN(CC)CCCNCc1nn(CC)nc1-c1ccccc1. The van der Waals surface area contributed by atoms with Crippen LogP contribution in [-0.2, 0) is 13.1 Å².